The Bertz CT molecular complexity index is 824. The molecule has 0 heterocycles. The van der Waals surface area contributed by atoms with Gasteiger partial charge in [-0.2, -0.15) is 0 Å². The average molecular weight is 354 g/mol. The first-order chi connectivity index (χ1) is 12.5. The molecule has 1 unspecified atom stereocenters. The molecule has 0 saturated carbocycles. The lowest BCUT2D eigenvalue weighted by Crippen LogP contribution is -2.18. The largest absolute Gasteiger partial charge is 0.459 e. The fourth-order valence-electron chi connectivity index (χ4n) is 3.15. The number of carbonyl (C=O) groups is 1. The fraction of sp³-hybridized carbons (Fsp3) is 0.318. The summed E-state index contributed by atoms with van der Waals surface area (Å²) in [6.45, 7) is 1.44. The van der Waals surface area contributed by atoms with E-state index in [0.717, 1.165) is 41.5 Å². The van der Waals surface area contributed by atoms with Gasteiger partial charge in [-0.25, -0.2) is 9.18 Å². The van der Waals surface area contributed by atoms with Gasteiger partial charge in [0.1, 0.15) is 18.5 Å². The number of rotatable bonds is 5. The van der Waals surface area contributed by atoms with Gasteiger partial charge >= 0.3 is 5.97 Å². The van der Waals surface area contributed by atoms with Gasteiger partial charge in [-0.05, 0) is 67.0 Å². The number of allylic oxidation sites excluding steroid dienone is 2. The smallest absolute Gasteiger partial charge is 0.334 e. The summed E-state index contributed by atoms with van der Waals surface area (Å²) in [4.78, 5) is 11.4. The van der Waals surface area contributed by atoms with E-state index in [0.29, 0.717) is 5.56 Å². The minimum Gasteiger partial charge on any atom is -0.459 e. The molecule has 3 nitrogen and oxygen atoms in total. The van der Waals surface area contributed by atoms with E-state index in [4.69, 9.17) is 4.74 Å². The Morgan fingerprint density at radius 1 is 1.19 bits per heavy atom. The van der Waals surface area contributed by atoms with Crippen LogP contribution in [-0.2, 0) is 16.1 Å². The van der Waals surface area contributed by atoms with Crippen LogP contribution in [0.25, 0.3) is 16.7 Å². The van der Waals surface area contributed by atoms with E-state index in [-0.39, 0.29) is 12.4 Å². The number of carbonyl (C=O) groups excluding carboxylic acids is 1. The molecule has 0 saturated heterocycles. The predicted molar refractivity (Wildman–Crippen MR) is 99.8 cm³/mol. The molecule has 0 bridgehead atoms. The molecule has 136 valence electrons. The van der Waals surface area contributed by atoms with Crippen molar-refractivity contribution in [3.05, 3.63) is 65.5 Å². The van der Waals surface area contributed by atoms with Crippen LogP contribution >= 0.6 is 0 Å². The van der Waals surface area contributed by atoms with Gasteiger partial charge < -0.3 is 9.84 Å². The molecule has 2 aromatic rings. The summed E-state index contributed by atoms with van der Waals surface area (Å²) in [5, 5.41) is 9.17. The third kappa shape index (κ3) is 4.38. The number of hydrogen-bond acceptors (Lipinski definition) is 3. The van der Waals surface area contributed by atoms with Gasteiger partial charge in [0, 0.05) is 5.56 Å². The standard InChI is InChI=1S/C22H23FO3/c1-15(24)22(25)26-14-16-6-5-9-18(12-16)19-10-11-20(21(23)13-19)17-7-3-2-4-8-17/h5-7,9-13,15,24H,2-4,8,14H2,1H3. The molecule has 2 aromatic carbocycles. The normalized spacial score (nSPS) is 15.3. The second-order valence-electron chi connectivity index (χ2n) is 6.65. The Balaban J connectivity index is 1.78. The summed E-state index contributed by atoms with van der Waals surface area (Å²) < 4.78 is 19.7. The molecular weight excluding hydrogens is 331 g/mol. The van der Waals surface area contributed by atoms with Gasteiger partial charge in [0.05, 0.1) is 0 Å². The lowest BCUT2D eigenvalue weighted by Gasteiger charge is -2.14. The second-order valence-corrected chi connectivity index (χ2v) is 6.65. The van der Waals surface area contributed by atoms with E-state index in [1.807, 2.05) is 36.4 Å². The fourth-order valence-corrected chi connectivity index (χ4v) is 3.15. The van der Waals surface area contributed by atoms with Crippen LogP contribution in [0.15, 0.2) is 48.5 Å². The van der Waals surface area contributed by atoms with E-state index in [1.165, 1.54) is 13.3 Å². The summed E-state index contributed by atoms with van der Waals surface area (Å²) in [5.74, 6) is -0.867. The topological polar surface area (TPSA) is 46.5 Å². The van der Waals surface area contributed by atoms with Crippen LogP contribution in [0.5, 0.6) is 0 Å². The molecule has 3 rings (SSSR count). The third-order valence-electron chi connectivity index (χ3n) is 4.59. The van der Waals surface area contributed by atoms with Crippen molar-refractivity contribution in [1.29, 1.82) is 0 Å². The lowest BCUT2D eigenvalue weighted by atomic mass is 9.92. The Hall–Kier alpha value is -2.46. The Labute approximate surface area is 153 Å². The van der Waals surface area contributed by atoms with E-state index < -0.39 is 12.1 Å². The van der Waals surface area contributed by atoms with E-state index >= 15 is 0 Å². The molecule has 1 aliphatic rings. The molecule has 1 atom stereocenters. The number of ether oxygens (including phenoxy) is 1. The van der Waals surface area contributed by atoms with Crippen molar-refractivity contribution in [3.63, 3.8) is 0 Å². The van der Waals surface area contributed by atoms with E-state index in [1.54, 1.807) is 6.07 Å². The van der Waals surface area contributed by atoms with Gasteiger partial charge in [0.15, 0.2) is 0 Å². The zero-order valence-electron chi connectivity index (χ0n) is 14.9. The summed E-state index contributed by atoms with van der Waals surface area (Å²) >= 11 is 0. The predicted octanol–water partition coefficient (Wildman–Crippen LogP) is 4.87. The maximum absolute atomic E-state index is 14.6. The van der Waals surface area contributed by atoms with Crippen molar-refractivity contribution in [2.75, 3.05) is 0 Å². The van der Waals surface area contributed by atoms with Crippen LogP contribution in [0, 0.1) is 5.82 Å². The zero-order valence-corrected chi connectivity index (χ0v) is 14.9. The minimum absolute atomic E-state index is 0.0744. The van der Waals surface area contributed by atoms with Gasteiger partial charge in [-0.15, -0.1) is 0 Å². The number of halogens is 1. The van der Waals surface area contributed by atoms with Crippen molar-refractivity contribution in [1.82, 2.24) is 0 Å². The summed E-state index contributed by atoms with van der Waals surface area (Å²) in [6.07, 6.45) is 5.23. The molecule has 0 spiro atoms. The highest BCUT2D eigenvalue weighted by Crippen LogP contribution is 2.31. The first-order valence-corrected chi connectivity index (χ1v) is 8.97. The van der Waals surface area contributed by atoms with Crippen LogP contribution < -0.4 is 0 Å². The first kappa shape index (κ1) is 18.3. The number of esters is 1. The maximum Gasteiger partial charge on any atom is 0.334 e. The highest BCUT2D eigenvalue weighted by atomic mass is 19.1. The minimum atomic E-state index is -1.14. The van der Waals surface area contributed by atoms with E-state index in [2.05, 4.69) is 6.08 Å². The quantitative estimate of drug-likeness (QED) is 0.779. The zero-order chi connectivity index (χ0) is 18.5. The Morgan fingerprint density at radius 2 is 2.00 bits per heavy atom. The van der Waals surface area contributed by atoms with Gasteiger partial charge in [-0.1, -0.05) is 36.4 Å². The molecular formula is C22H23FO3. The molecule has 0 fully saturated rings. The van der Waals surface area contributed by atoms with Crippen LogP contribution in [0.1, 0.15) is 43.7 Å². The second kappa shape index (κ2) is 8.28. The van der Waals surface area contributed by atoms with Crippen molar-refractivity contribution < 1.29 is 19.0 Å². The van der Waals surface area contributed by atoms with Gasteiger partial charge in [-0.3, -0.25) is 0 Å². The SMILES string of the molecule is CC(O)C(=O)OCc1cccc(-c2ccc(C3=CCCCC3)c(F)c2)c1. The Kier molecular flexibility index (Phi) is 5.84. The van der Waals surface area contributed by atoms with Crippen LogP contribution in [0.4, 0.5) is 4.39 Å². The summed E-state index contributed by atoms with van der Waals surface area (Å²) in [6, 6.07) is 12.8. The van der Waals surface area contributed by atoms with Crippen molar-refractivity contribution in [2.24, 2.45) is 0 Å². The molecule has 0 radical (unpaired) electrons. The number of benzene rings is 2. The molecule has 0 aromatic heterocycles. The molecule has 0 aliphatic heterocycles. The van der Waals surface area contributed by atoms with Crippen LogP contribution in [-0.4, -0.2) is 17.2 Å². The molecule has 4 heteroatoms. The molecule has 1 N–H and O–H groups in total. The monoisotopic (exact) mass is 354 g/mol. The van der Waals surface area contributed by atoms with Crippen molar-refractivity contribution >= 4 is 11.5 Å². The first-order valence-electron chi connectivity index (χ1n) is 8.97. The molecule has 26 heavy (non-hydrogen) atoms. The highest BCUT2D eigenvalue weighted by molar-refractivity contribution is 5.74. The van der Waals surface area contributed by atoms with Crippen molar-refractivity contribution in [2.45, 2.75) is 45.3 Å². The Morgan fingerprint density at radius 3 is 2.69 bits per heavy atom. The van der Waals surface area contributed by atoms with Gasteiger partial charge in [0.2, 0.25) is 0 Å². The van der Waals surface area contributed by atoms with E-state index in [9.17, 15) is 14.3 Å². The highest BCUT2D eigenvalue weighted by Gasteiger charge is 2.13. The van der Waals surface area contributed by atoms with Crippen LogP contribution in [0.2, 0.25) is 0 Å². The lowest BCUT2D eigenvalue weighted by molar-refractivity contribution is -0.153. The molecule has 0 amide bonds. The van der Waals surface area contributed by atoms with Crippen LogP contribution in [0.3, 0.4) is 0 Å². The number of hydrogen-bond donors (Lipinski definition) is 1. The van der Waals surface area contributed by atoms with Gasteiger partial charge in [0.25, 0.3) is 0 Å². The number of aliphatic hydroxyl groups excluding tert-OH is 1. The third-order valence-corrected chi connectivity index (χ3v) is 4.59. The summed E-state index contributed by atoms with van der Waals surface area (Å²) in [5.41, 5.74) is 4.22. The molecule has 1 aliphatic carbocycles. The maximum atomic E-state index is 14.6. The summed E-state index contributed by atoms with van der Waals surface area (Å²) in [7, 11) is 0. The van der Waals surface area contributed by atoms with Crippen molar-refractivity contribution in [3.8, 4) is 11.1 Å². The average Bonchev–Trinajstić information content (AvgIpc) is 2.67. The number of aliphatic hydroxyl groups is 1.